The average Bonchev–Trinajstić information content (AvgIpc) is 2.66. The molecule has 0 bridgehead atoms. The minimum atomic E-state index is -3.93. The Hall–Kier alpha value is 0.0300. The molecule has 0 aromatic heterocycles. The normalized spacial score (nSPS) is 12.6. The molecule has 6 nitrogen and oxygen atoms in total. The zero-order chi connectivity index (χ0) is 21.3. The zero-order valence-corrected chi connectivity index (χ0v) is 20.0. The molecule has 0 aromatic rings. The highest BCUT2D eigenvalue weighted by Crippen LogP contribution is 2.34. The molecule has 0 spiro atoms. The molecule has 0 rings (SSSR count). The summed E-state index contributed by atoms with van der Waals surface area (Å²) < 4.78 is 11.1. The minimum absolute atomic E-state index is 0.109. The smallest absolute Gasteiger partial charge is 0.324 e. The van der Waals surface area contributed by atoms with Crippen molar-refractivity contribution in [2.45, 2.75) is 79.1 Å². The van der Waals surface area contributed by atoms with E-state index in [0.717, 1.165) is 25.9 Å². The number of nitrogens with zero attached hydrogens (tertiary/aromatic N) is 3. The number of hydrogen-bond donors (Lipinski definition) is 2. The molecule has 0 aliphatic rings. The van der Waals surface area contributed by atoms with Gasteiger partial charge in [-0.05, 0) is 78.0 Å². The van der Waals surface area contributed by atoms with Crippen molar-refractivity contribution in [2.24, 2.45) is 0 Å². The van der Waals surface area contributed by atoms with E-state index in [0.29, 0.717) is 6.54 Å². The molecule has 7 heteroatoms. The van der Waals surface area contributed by atoms with E-state index in [-0.39, 0.29) is 6.29 Å². The van der Waals surface area contributed by atoms with E-state index >= 15 is 0 Å². The van der Waals surface area contributed by atoms with E-state index in [1.54, 1.807) is 0 Å². The molecule has 0 atom stereocenters. The van der Waals surface area contributed by atoms with Gasteiger partial charge in [-0.1, -0.05) is 53.4 Å². The fourth-order valence-corrected chi connectivity index (χ4v) is 4.47. The highest BCUT2D eigenvalue weighted by atomic mass is 31.2. The Bertz CT molecular complexity index is 389. The Labute approximate surface area is 174 Å². The van der Waals surface area contributed by atoms with Crippen LogP contribution in [0.2, 0.25) is 0 Å². The van der Waals surface area contributed by atoms with Crippen molar-refractivity contribution in [2.75, 3.05) is 58.6 Å². The number of hydrogen-bond acceptors (Lipinski definition) is 4. The Kier molecular flexibility index (Phi) is 17.9. The van der Waals surface area contributed by atoms with E-state index in [4.69, 9.17) is 9.79 Å². The molecule has 0 saturated carbocycles. The van der Waals surface area contributed by atoms with Crippen LogP contribution in [0.5, 0.6) is 0 Å². The third-order valence-corrected chi connectivity index (χ3v) is 6.34. The Morgan fingerprint density at radius 1 is 0.536 bits per heavy atom. The summed E-state index contributed by atoms with van der Waals surface area (Å²) in [6.45, 7) is 17.3. The van der Waals surface area contributed by atoms with Crippen molar-refractivity contribution >= 4 is 7.60 Å². The molecule has 0 aliphatic heterocycles. The molecule has 170 valence electrons. The molecule has 0 radical (unpaired) electrons. The van der Waals surface area contributed by atoms with Gasteiger partial charge in [0.05, 0.1) is 0 Å². The maximum atomic E-state index is 11.1. The SMILES string of the molecule is CCN(CC)CCCCCCN(CC)CCCCCCN(CC)CP(=O)(O)O. The van der Waals surface area contributed by atoms with Crippen LogP contribution in [0.3, 0.4) is 0 Å². The largest absolute Gasteiger partial charge is 0.339 e. The van der Waals surface area contributed by atoms with Crippen LogP contribution in [0.4, 0.5) is 0 Å². The topological polar surface area (TPSA) is 67.2 Å². The van der Waals surface area contributed by atoms with Crippen LogP contribution < -0.4 is 0 Å². The lowest BCUT2D eigenvalue weighted by molar-refractivity contribution is 0.263. The van der Waals surface area contributed by atoms with Crippen molar-refractivity contribution in [3.8, 4) is 0 Å². The molecule has 0 heterocycles. The first-order valence-electron chi connectivity index (χ1n) is 11.6. The summed E-state index contributed by atoms with van der Waals surface area (Å²) in [5.41, 5.74) is 0. The lowest BCUT2D eigenvalue weighted by Crippen LogP contribution is -2.26. The van der Waals surface area contributed by atoms with Crippen molar-refractivity contribution in [3.05, 3.63) is 0 Å². The second-order valence-electron chi connectivity index (χ2n) is 7.81. The third-order valence-electron chi connectivity index (χ3n) is 5.57. The molecule has 2 N–H and O–H groups in total. The summed E-state index contributed by atoms with van der Waals surface area (Å²) in [4.78, 5) is 25.1. The summed E-state index contributed by atoms with van der Waals surface area (Å²) in [6, 6.07) is 0. The summed E-state index contributed by atoms with van der Waals surface area (Å²) in [7, 11) is -3.93. The van der Waals surface area contributed by atoms with E-state index < -0.39 is 7.60 Å². The van der Waals surface area contributed by atoms with Gasteiger partial charge in [-0.25, -0.2) is 0 Å². The molecule has 0 unspecified atom stereocenters. The van der Waals surface area contributed by atoms with Crippen molar-refractivity contribution in [1.82, 2.24) is 14.7 Å². The summed E-state index contributed by atoms with van der Waals surface area (Å²) in [6.07, 6.45) is 9.79. The van der Waals surface area contributed by atoms with Crippen LogP contribution in [-0.2, 0) is 4.57 Å². The van der Waals surface area contributed by atoms with Gasteiger partial charge in [-0.2, -0.15) is 0 Å². The van der Waals surface area contributed by atoms with E-state index in [9.17, 15) is 4.57 Å². The van der Waals surface area contributed by atoms with Crippen LogP contribution in [-0.4, -0.2) is 83.1 Å². The molecular formula is C21H48N3O3P. The Morgan fingerprint density at radius 2 is 0.857 bits per heavy atom. The molecule has 0 amide bonds. The van der Waals surface area contributed by atoms with Crippen LogP contribution in [0, 0.1) is 0 Å². The van der Waals surface area contributed by atoms with Crippen LogP contribution in [0.15, 0.2) is 0 Å². The van der Waals surface area contributed by atoms with E-state index in [2.05, 4.69) is 30.6 Å². The van der Waals surface area contributed by atoms with Crippen molar-refractivity contribution < 1.29 is 14.4 Å². The summed E-state index contributed by atoms with van der Waals surface area (Å²) >= 11 is 0. The van der Waals surface area contributed by atoms with Gasteiger partial charge in [0.25, 0.3) is 0 Å². The lowest BCUT2D eigenvalue weighted by Gasteiger charge is -2.22. The van der Waals surface area contributed by atoms with Gasteiger partial charge < -0.3 is 19.6 Å². The van der Waals surface area contributed by atoms with Gasteiger partial charge in [0, 0.05) is 0 Å². The number of unbranched alkanes of at least 4 members (excludes halogenated alkanes) is 6. The van der Waals surface area contributed by atoms with Gasteiger partial charge in [-0.3, -0.25) is 9.46 Å². The van der Waals surface area contributed by atoms with E-state index in [1.807, 2.05) is 11.8 Å². The summed E-state index contributed by atoms with van der Waals surface area (Å²) in [5.74, 6) is 0. The molecule has 0 fully saturated rings. The quantitative estimate of drug-likeness (QED) is 0.227. The maximum absolute atomic E-state index is 11.1. The van der Waals surface area contributed by atoms with Gasteiger partial charge in [0.1, 0.15) is 6.29 Å². The van der Waals surface area contributed by atoms with Crippen molar-refractivity contribution in [3.63, 3.8) is 0 Å². The molecule has 28 heavy (non-hydrogen) atoms. The monoisotopic (exact) mass is 421 g/mol. The van der Waals surface area contributed by atoms with Gasteiger partial charge in [0.15, 0.2) is 0 Å². The van der Waals surface area contributed by atoms with Gasteiger partial charge >= 0.3 is 7.60 Å². The molecular weight excluding hydrogens is 373 g/mol. The van der Waals surface area contributed by atoms with Gasteiger partial charge in [0.2, 0.25) is 0 Å². The third kappa shape index (κ3) is 16.9. The first-order valence-corrected chi connectivity index (χ1v) is 13.4. The van der Waals surface area contributed by atoms with Crippen LogP contribution >= 0.6 is 7.60 Å². The Balaban J connectivity index is 3.66. The molecule has 0 saturated heterocycles. The number of rotatable bonds is 20. The summed E-state index contributed by atoms with van der Waals surface area (Å²) in [5, 5.41) is 0. The maximum Gasteiger partial charge on any atom is 0.339 e. The fraction of sp³-hybridized carbons (Fsp3) is 1.00. The molecule has 0 aromatic carbocycles. The van der Waals surface area contributed by atoms with Crippen LogP contribution in [0.1, 0.15) is 79.1 Å². The Morgan fingerprint density at radius 3 is 1.18 bits per heavy atom. The first kappa shape index (κ1) is 28.0. The van der Waals surface area contributed by atoms with Crippen molar-refractivity contribution in [1.29, 1.82) is 0 Å². The van der Waals surface area contributed by atoms with Crippen LogP contribution in [0.25, 0.3) is 0 Å². The standard InChI is InChI=1S/C21H48N3O3P/c1-5-22(6-2)17-13-9-10-14-18-23(7-3)19-15-11-12-16-20-24(8-4)21-28(25,26)27/h5-21H2,1-4H3,(H2,25,26,27). The zero-order valence-electron chi connectivity index (χ0n) is 19.1. The minimum Gasteiger partial charge on any atom is -0.324 e. The average molecular weight is 422 g/mol. The lowest BCUT2D eigenvalue weighted by atomic mass is 10.1. The highest BCUT2D eigenvalue weighted by molar-refractivity contribution is 7.51. The highest BCUT2D eigenvalue weighted by Gasteiger charge is 2.17. The van der Waals surface area contributed by atoms with E-state index in [1.165, 1.54) is 71.2 Å². The predicted octanol–water partition coefficient (Wildman–Crippen LogP) is 4.23. The predicted molar refractivity (Wildman–Crippen MR) is 121 cm³/mol. The fourth-order valence-electron chi connectivity index (χ4n) is 3.61. The first-order chi connectivity index (χ1) is 13.4. The van der Waals surface area contributed by atoms with Gasteiger partial charge in [-0.15, -0.1) is 0 Å². The second-order valence-corrected chi connectivity index (χ2v) is 9.42. The second kappa shape index (κ2) is 17.9. The molecule has 0 aliphatic carbocycles.